The molecular formula is C15H11Cl2FN2. The Morgan fingerprint density at radius 3 is 2.65 bits per heavy atom. The zero-order valence-corrected chi connectivity index (χ0v) is 12.2. The lowest BCUT2D eigenvalue weighted by Gasteiger charge is -2.10. The van der Waals surface area contributed by atoms with E-state index in [1.807, 2.05) is 13.0 Å². The van der Waals surface area contributed by atoms with E-state index in [1.54, 1.807) is 18.2 Å². The highest BCUT2D eigenvalue weighted by atomic mass is 35.5. The van der Waals surface area contributed by atoms with Crippen LogP contribution in [-0.4, -0.2) is 0 Å². The van der Waals surface area contributed by atoms with Crippen LogP contribution >= 0.6 is 23.2 Å². The van der Waals surface area contributed by atoms with Gasteiger partial charge < -0.3 is 5.32 Å². The Labute approximate surface area is 126 Å². The predicted molar refractivity (Wildman–Crippen MR) is 79.6 cm³/mol. The fraction of sp³-hybridized carbons (Fsp3) is 0.133. The third-order valence-electron chi connectivity index (χ3n) is 2.88. The van der Waals surface area contributed by atoms with Crippen LogP contribution in [0.15, 0.2) is 30.3 Å². The van der Waals surface area contributed by atoms with Gasteiger partial charge in [0.15, 0.2) is 0 Å². The van der Waals surface area contributed by atoms with Crippen LogP contribution in [0.5, 0.6) is 0 Å². The third kappa shape index (κ3) is 3.22. The summed E-state index contributed by atoms with van der Waals surface area (Å²) in [5, 5.41) is 13.1. The fourth-order valence-electron chi connectivity index (χ4n) is 1.75. The highest BCUT2D eigenvalue weighted by Gasteiger charge is 2.06. The van der Waals surface area contributed by atoms with E-state index in [2.05, 4.69) is 5.32 Å². The number of hydrogen-bond acceptors (Lipinski definition) is 2. The number of anilines is 1. The number of nitriles is 1. The zero-order valence-electron chi connectivity index (χ0n) is 10.7. The molecule has 0 unspecified atom stereocenters. The van der Waals surface area contributed by atoms with E-state index >= 15 is 0 Å². The van der Waals surface area contributed by atoms with E-state index < -0.39 is 5.82 Å². The van der Waals surface area contributed by atoms with Gasteiger partial charge in [0.2, 0.25) is 0 Å². The Balaban J connectivity index is 2.17. The molecule has 0 saturated heterocycles. The van der Waals surface area contributed by atoms with Gasteiger partial charge in [-0.1, -0.05) is 29.3 Å². The molecule has 0 radical (unpaired) electrons. The van der Waals surface area contributed by atoms with Crippen LogP contribution in [0.3, 0.4) is 0 Å². The molecule has 0 heterocycles. The number of nitrogens with zero attached hydrogens (tertiary/aromatic N) is 1. The van der Waals surface area contributed by atoms with Gasteiger partial charge in [-0.25, -0.2) is 4.39 Å². The minimum Gasteiger partial charge on any atom is -0.380 e. The molecule has 2 aromatic carbocycles. The number of rotatable bonds is 3. The Morgan fingerprint density at radius 1 is 1.20 bits per heavy atom. The maximum Gasteiger partial charge on any atom is 0.140 e. The molecule has 1 N–H and O–H groups in total. The lowest BCUT2D eigenvalue weighted by Crippen LogP contribution is -2.01. The molecule has 2 rings (SSSR count). The van der Waals surface area contributed by atoms with Crippen molar-refractivity contribution in [3.63, 3.8) is 0 Å². The summed E-state index contributed by atoms with van der Waals surface area (Å²) in [7, 11) is 0. The Morgan fingerprint density at radius 2 is 1.95 bits per heavy atom. The molecule has 0 aliphatic carbocycles. The summed E-state index contributed by atoms with van der Waals surface area (Å²) in [6, 6.07) is 9.73. The van der Waals surface area contributed by atoms with Gasteiger partial charge in [-0.15, -0.1) is 0 Å². The first-order chi connectivity index (χ1) is 9.51. The minimum atomic E-state index is -0.521. The summed E-state index contributed by atoms with van der Waals surface area (Å²) < 4.78 is 13.2. The maximum atomic E-state index is 13.2. The van der Waals surface area contributed by atoms with Gasteiger partial charge >= 0.3 is 0 Å². The molecule has 0 bridgehead atoms. The topological polar surface area (TPSA) is 35.8 Å². The first-order valence-electron chi connectivity index (χ1n) is 5.89. The van der Waals surface area contributed by atoms with Crippen molar-refractivity contribution in [3.05, 3.63) is 62.9 Å². The minimum absolute atomic E-state index is 0.0253. The molecule has 0 aliphatic heterocycles. The highest BCUT2D eigenvalue weighted by molar-refractivity contribution is 6.35. The van der Waals surface area contributed by atoms with Crippen molar-refractivity contribution < 1.29 is 4.39 Å². The van der Waals surface area contributed by atoms with Crippen molar-refractivity contribution in [2.24, 2.45) is 0 Å². The van der Waals surface area contributed by atoms with Crippen LogP contribution in [0.4, 0.5) is 10.1 Å². The molecule has 0 fully saturated rings. The molecule has 0 saturated carbocycles. The number of hydrogen-bond donors (Lipinski definition) is 1. The largest absolute Gasteiger partial charge is 0.380 e. The normalized spacial score (nSPS) is 10.2. The summed E-state index contributed by atoms with van der Waals surface area (Å²) >= 11 is 12.2. The van der Waals surface area contributed by atoms with E-state index in [0.29, 0.717) is 22.3 Å². The average Bonchev–Trinajstić information content (AvgIpc) is 2.43. The van der Waals surface area contributed by atoms with Gasteiger partial charge in [0.05, 0.1) is 16.3 Å². The second-order valence-corrected chi connectivity index (χ2v) is 5.18. The summed E-state index contributed by atoms with van der Waals surface area (Å²) in [6.45, 7) is 2.30. The first-order valence-corrected chi connectivity index (χ1v) is 6.65. The van der Waals surface area contributed by atoms with Crippen molar-refractivity contribution in [2.45, 2.75) is 13.5 Å². The highest BCUT2D eigenvalue weighted by Crippen LogP contribution is 2.29. The molecule has 2 nitrogen and oxygen atoms in total. The molecule has 0 aromatic heterocycles. The van der Waals surface area contributed by atoms with Crippen LogP contribution in [0.1, 0.15) is 16.7 Å². The molecule has 0 aliphatic rings. The van der Waals surface area contributed by atoms with Crippen molar-refractivity contribution in [3.8, 4) is 6.07 Å². The summed E-state index contributed by atoms with van der Waals surface area (Å²) in [5.41, 5.74) is 2.41. The second kappa shape index (κ2) is 6.13. The fourth-order valence-corrected chi connectivity index (χ4v) is 2.20. The van der Waals surface area contributed by atoms with Gasteiger partial charge in [-0.05, 0) is 42.3 Å². The SMILES string of the molecule is Cc1cc(Cl)c(NCc2ccc(F)c(C#N)c2)cc1Cl. The Bertz CT molecular complexity index is 693. The Hall–Kier alpha value is -1.76. The number of benzene rings is 2. The standard InChI is InChI=1S/C15H11Cl2FN2/c1-9-4-13(17)15(6-12(9)16)20-8-10-2-3-14(18)11(5-10)7-19/h2-6,20H,8H2,1H3. The quantitative estimate of drug-likeness (QED) is 0.873. The van der Waals surface area contributed by atoms with Crippen molar-refractivity contribution >= 4 is 28.9 Å². The van der Waals surface area contributed by atoms with Gasteiger partial charge in [0.1, 0.15) is 11.9 Å². The van der Waals surface area contributed by atoms with Crippen molar-refractivity contribution in [1.29, 1.82) is 5.26 Å². The van der Waals surface area contributed by atoms with Crippen LogP contribution in [0, 0.1) is 24.1 Å². The molecular weight excluding hydrogens is 298 g/mol. The predicted octanol–water partition coefficient (Wildman–Crippen LogP) is 4.92. The molecule has 0 amide bonds. The van der Waals surface area contributed by atoms with E-state index in [1.165, 1.54) is 12.1 Å². The van der Waals surface area contributed by atoms with Gasteiger partial charge in [0.25, 0.3) is 0 Å². The summed E-state index contributed by atoms with van der Waals surface area (Å²) in [6.07, 6.45) is 0. The van der Waals surface area contributed by atoms with Crippen LogP contribution in [0.25, 0.3) is 0 Å². The van der Waals surface area contributed by atoms with Crippen LogP contribution in [-0.2, 0) is 6.54 Å². The van der Waals surface area contributed by atoms with Gasteiger partial charge in [-0.2, -0.15) is 5.26 Å². The molecule has 102 valence electrons. The summed E-state index contributed by atoms with van der Waals surface area (Å²) in [5.74, 6) is -0.521. The zero-order chi connectivity index (χ0) is 14.7. The van der Waals surface area contributed by atoms with E-state index in [9.17, 15) is 4.39 Å². The maximum absolute atomic E-state index is 13.2. The van der Waals surface area contributed by atoms with E-state index in [-0.39, 0.29) is 5.56 Å². The molecule has 0 atom stereocenters. The van der Waals surface area contributed by atoms with Crippen LogP contribution < -0.4 is 5.32 Å². The number of nitrogens with one attached hydrogen (secondary N) is 1. The Kier molecular flexibility index (Phi) is 4.49. The number of halogens is 3. The van der Waals surface area contributed by atoms with Crippen molar-refractivity contribution in [2.75, 3.05) is 5.32 Å². The first kappa shape index (κ1) is 14.6. The average molecular weight is 309 g/mol. The van der Waals surface area contributed by atoms with E-state index in [0.717, 1.165) is 11.1 Å². The third-order valence-corrected chi connectivity index (χ3v) is 3.60. The smallest absolute Gasteiger partial charge is 0.140 e. The van der Waals surface area contributed by atoms with E-state index in [4.69, 9.17) is 28.5 Å². The van der Waals surface area contributed by atoms with Crippen LogP contribution in [0.2, 0.25) is 10.0 Å². The monoisotopic (exact) mass is 308 g/mol. The lowest BCUT2D eigenvalue weighted by atomic mass is 10.1. The molecule has 0 spiro atoms. The second-order valence-electron chi connectivity index (χ2n) is 4.36. The van der Waals surface area contributed by atoms with Gasteiger partial charge in [-0.3, -0.25) is 0 Å². The number of aryl methyl sites for hydroxylation is 1. The lowest BCUT2D eigenvalue weighted by molar-refractivity contribution is 0.623. The molecule has 2 aromatic rings. The van der Waals surface area contributed by atoms with Crippen molar-refractivity contribution in [1.82, 2.24) is 0 Å². The molecule has 5 heteroatoms. The summed E-state index contributed by atoms with van der Waals surface area (Å²) in [4.78, 5) is 0. The molecule has 20 heavy (non-hydrogen) atoms. The van der Waals surface area contributed by atoms with Gasteiger partial charge in [0, 0.05) is 11.6 Å².